The van der Waals surface area contributed by atoms with Gasteiger partial charge in [0.05, 0.1) is 28.5 Å². The van der Waals surface area contributed by atoms with E-state index in [1.165, 1.54) is 10.7 Å². The van der Waals surface area contributed by atoms with Crippen LogP contribution in [0.1, 0.15) is 10.4 Å². The summed E-state index contributed by atoms with van der Waals surface area (Å²) in [6.07, 6.45) is 1.12. The zero-order valence-electron chi connectivity index (χ0n) is 13.8. The lowest BCUT2D eigenvalue weighted by Gasteiger charge is -2.40. The van der Waals surface area contributed by atoms with Crippen molar-refractivity contribution in [2.75, 3.05) is 23.7 Å². The number of nitrogens with two attached hydrogens (primary N) is 1. The van der Waals surface area contributed by atoms with Gasteiger partial charge in [0.25, 0.3) is 5.91 Å². The Hall–Kier alpha value is -2.94. The molecule has 1 aliphatic rings. The first-order chi connectivity index (χ1) is 12.4. The fraction of sp³-hybridized carbons (Fsp3) is 0.250. The normalized spacial score (nSPS) is 14.5. The average molecular weight is 376 g/mol. The summed E-state index contributed by atoms with van der Waals surface area (Å²) in [5.41, 5.74) is 8.09. The number of hydrogen-bond donors (Lipinski definition) is 2. The number of aryl methyl sites for hydroxylation is 1. The third kappa shape index (κ3) is 2.70. The van der Waals surface area contributed by atoms with Crippen LogP contribution in [0.3, 0.4) is 0 Å². The number of anilines is 2. The number of nitrogen functional groups attached to an aromatic ring is 1. The molecule has 1 aliphatic heterocycles. The van der Waals surface area contributed by atoms with Crippen molar-refractivity contribution in [3.63, 3.8) is 0 Å². The highest BCUT2D eigenvalue weighted by Gasteiger charge is 2.31. The van der Waals surface area contributed by atoms with Gasteiger partial charge in [0.2, 0.25) is 0 Å². The molecular formula is C16H15ClFN7O. The number of nitrogens with one attached hydrogen (secondary N) is 1. The number of amides is 1. The number of rotatable bonds is 3. The summed E-state index contributed by atoms with van der Waals surface area (Å²) in [5, 5.41) is 11.0. The SMILES string of the molecule is Cn1nnc2ccc(C(=O)NC3CN(c4ncc(F)cc4Cl)C3)c(N)c21. The molecule has 1 aromatic carbocycles. The van der Waals surface area contributed by atoms with E-state index in [2.05, 4.69) is 20.6 Å². The number of benzene rings is 1. The predicted octanol–water partition coefficient (Wildman–Crippen LogP) is 1.36. The Balaban J connectivity index is 1.45. The number of pyridine rings is 1. The van der Waals surface area contributed by atoms with Gasteiger partial charge in [-0.25, -0.2) is 14.1 Å². The number of aromatic nitrogens is 4. The van der Waals surface area contributed by atoms with E-state index in [1.54, 1.807) is 19.2 Å². The molecule has 3 N–H and O–H groups in total. The van der Waals surface area contributed by atoms with Gasteiger partial charge in [-0.1, -0.05) is 16.8 Å². The monoisotopic (exact) mass is 375 g/mol. The standard InChI is InChI=1S/C16H15ClFN7O/c1-24-14-12(22-23-24)3-2-10(13(14)19)16(26)21-9-6-25(7-9)15-11(17)4-8(18)5-20-15/h2-5,9H,6-7,19H2,1H3,(H,21,26). The Morgan fingerprint density at radius 2 is 2.19 bits per heavy atom. The Labute approximate surface area is 152 Å². The minimum atomic E-state index is -0.486. The van der Waals surface area contributed by atoms with E-state index in [-0.39, 0.29) is 17.0 Å². The molecule has 134 valence electrons. The van der Waals surface area contributed by atoms with Crippen LogP contribution in [-0.2, 0) is 7.05 Å². The van der Waals surface area contributed by atoms with Gasteiger partial charge >= 0.3 is 0 Å². The maximum Gasteiger partial charge on any atom is 0.253 e. The number of hydrogen-bond acceptors (Lipinski definition) is 6. The summed E-state index contributed by atoms with van der Waals surface area (Å²) >= 11 is 6.00. The quantitative estimate of drug-likeness (QED) is 0.670. The molecule has 0 saturated carbocycles. The summed E-state index contributed by atoms with van der Waals surface area (Å²) in [6, 6.07) is 4.48. The molecule has 10 heteroatoms. The van der Waals surface area contributed by atoms with Crippen LogP contribution in [0.2, 0.25) is 5.02 Å². The van der Waals surface area contributed by atoms with Crippen molar-refractivity contribution >= 4 is 40.0 Å². The van der Waals surface area contributed by atoms with E-state index in [1.807, 2.05) is 4.90 Å². The van der Waals surface area contributed by atoms with E-state index in [0.717, 1.165) is 6.20 Å². The third-order valence-electron chi connectivity index (χ3n) is 4.36. The van der Waals surface area contributed by atoms with Crippen molar-refractivity contribution in [2.24, 2.45) is 7.05 Å². The van der Waals surface area contributed by atoms with Crippen LogP contribution in [0.4, 0.5) is 15.9 Å². The van der Waals surface area contributed by atoms with Crippen LogP contribution < -0.4 is 16.0 Å². The van der Waals surface area contributed by atoms with Gasteiger partial charge < -0.3 is 16.0 Å². The lowest BCUT2D eigenvalue weighted by molar-refractivity contribution is 0.0931. The summed E-state index contributed by atoms with van der Waals surface area (Å²) in [6.45, 7) is 1.05. The van der Waals surface area contributed by atoms with Crippen molar-refractivity contribution in [2.45, 2.75) is 6.04 Å². The van der Waals surface area contributed by atoms with Crippen LogP contribution in [-0.4, -0.2) is 45.0 Å². The van der Waals surface area contributed by atoms with E-state index in [0.29, 0.717) is 41.2 Å². The van der Waals surface area contributed by atoms with Gasteiger partial charge in [0.1, 0.15) is 22.7 Å². The van der Waals surface area contributed by atoms with Gasteiger partial charge in [-0.3, -0.25) is 4.79 Å². The molecule has 0 aliphatic carbocycles. The number of halogens is 2. The Morgan fingerprint density at radius 3 is 2.92 bits per heavy atom. The molecule has 3 heterocycles. The molecule has 4 rings (SSSR count). The maximum atomic E-state index is 13.1. The number of carbonyl (C=O) groups is 1. The highest BCUT2D eigenvalue weighted by atomic mass is 35.5. The van der Waals surface area contributed by atoms with Crippen LogP contribution in [0, 0.1) is 5.82 Å². The third-order valence-corrected chi connectivity index (χ3v) is 4.63. The molecule has 2 aromatic heterocycles. The molecule has 1 amide bonds. The van der Waals surface area contributed by atoms with Gasteiger partial charge in [-0.2, -0.15) is 0 Å². The second-order valence-electron chi connectivity index (χ2n) is 6.14. The van der Waals surface area contributed by atoms with Crippen molar-refractivity contribution in [3.8, 4) is 0 Å². The topological polar surface area (TPSA) is 102 Å². The first-order valence-corrected chi connectivity index (χ1v) is 8.26. The fourth-order valence-corrected chi connectivity index (χ4v) is 3.29. The van der Waals surface area contributed by atoms with Crippen LogP contribution in [0.5, 0.6) is 0 Å². The first-order valence-electron chi connectivity index (χ1n) is 7.88. The van der Waals surface area contributed by atoms with Gasteiger partial charge in [-0.15, -0.1) is 5.10 Å². The molecule has 1 fully saturated rings. The van der Waals surface area contributed by atoms with Crippen LogP contribution in [0.25, 0.3) is 11.0 Å². The lowest BCUT2D eigenvalue weighted by Crippen LogP contribution is -2.59. The van der Waals surface area contributed by atoms with E-state index in [4.69, 9.17) is 17.3 Å². The molecular weight excluding hydrogens is 361 g/mol. The highest BCUT2D eigenvalue weighted by molar-refractivity contribution is 6.33. The van der Waals surface area contributed by atoms with Gasteiger partial charge in [0.15, 0.2) is 0 Å². The average Bonchev–Trinajstić information content (AvgIpc) is 2.93. The van der Waals surface area contributed by atoms with E-state index >= 15 is 0 Å². The molecule has 0 bridgehead atoms. The first kappa shape index (κ1) is 16.5. The molecule has 0 unspecified atom stereocenters. The van der Waals surface area contributed by atoms with Gasteiger partial charge in [-0.05, 0) is 18.2 Å². The van der Waals surface area contributed by atoms with Gasteiger partial charge in [0, 0.05) is 20.1 Å². The minimum absolute atomic E-state index is 0.0785. The molecule has 0 atom stereocenters. The molecule has 0 spiro atoms. The summed E-state index contributed by atoms with van der Waals surface area (Å²) in [7, 11) is 1.72. The number of carbonyl (C=O) groups excluding carboxylic acids is 1. The van der Waals surface area contributed by atoms with Crippen molar-refractivity contribution in [1.29, 1.82) is 0 Å². The fourth-order valence-electron chi connectivity index (χ4n) is 3.02. The molecule has 1 saturated heterocycles. The molecule has 0 radical (unpaired) electrons. The van der Waals surface area contributed by atoms with Crippen molar-refractivity contribution in [1.82, 2.24) is 25.3 Å². The molecule has 26 heavy (non-hydrogen) atoms. The van der Waals surface area contributed by atoms with Crippen LogP contribution in [0.15, 0.2) is 24.4 Å². The zero-order valence-corrected chi connectivity index (χ0v) is 14.5. The maximum absolute atomic E-state index is 13.1. The molecule has 8 nitrogen and oxygen atoms in total. The summed E-state index contributed by atoms with van der Waals surface area (Å²) < 4.78 is 14.6. The Kier molecular flexibility index (Phi) is 3.87. The summed E-state index contributed by atoms with van der Waals surface area (Å²) in [4.78, 5) is 18.4. The van der Waals surface area contributed by atoms with Crippen molar-refractivity contribution in [3.05, 3.63) is 40.8 Å². The smallest absolute Gasteiger partial charge is 0.253 e. The molecule has 3 aromatic rings. The minimum Gasteiger partial charge on any atom is -0.396 e. The summed E-state index contributed by atoms with van der Waals surface area (Å²) in [5.74, 6) is -0.256. The predicted molar refractivity (Wildman–Crippen MR) is 95.6 cm³/mol. The highest BCUT2D eigenvalue weighted by Crippen LogP contribution is 2.28. The van der Waals surface area contributed by atoms with E-state index < -0.39 is 5.82 Å². The Bertz CT molecular complexity index is 1020. The van der Waals surface area contributed by atoms with Crippen molar-refractivity contribution < 1.29 is 9.18 Å². The number of nitrogens with zero attached hydrogens (tertiary/aromatic N) is 5. The zero-order chi connectivity index (χ0) is 18.4. The number of fused-ring (bicyclic) bond motifs is 1. The second-order valence-corrected chi connectivity index (χ2v) is 6.55. The lowest BCUT2D eigenvalue weighted by atomic mass is 10.1. The largest absolute Gasteiger partial charge is 0.396 e. The van der Waals surface area contributed by atoms with Crippen LogP contribution >= 0.6 is 11.6 Å². The van der Waals surface area contributed by atoms with E-state index in [9.17, 15) is 9.18 Å². The Morgan fingerprint density at radius 1 is 1.42 bits per heavy atom. The second kappa shape index (κ2) is 6.10.